The quantitative estimate of drug-likeness (QED) is 0.760. The van der Waals surface area contributed by atoms with E-state index in [9.17, 15) is 4.79 Å². The predicted molar refractivity (Wildman–Crippen MR) is 82.1 cm³/mol. The van der Waals surface area contributed by atoms with Crippen LogP contribution in [0.1, 0.15) is 18.1 Å². The predicted octanol–water partition coefficient (Wildman–Crippen LogP) is 3.62. The van der Waals surface area contributed by atoms with E-state index in [0.717, 1.165) is 16.9 Å². The zero-order valence-corrected chi connectivity index (χ0v) is 12.4. The van der Waals surface area contributed by atoms with Crippen LogP contribution in [-0.4, -0.2) is 13.1 Å². The van der Waals surface area contributed by atoms with Crippen molar-refractivity contribution < 1.29 is 14.3 Å². The molecule has 2 rings (SSSR count). The molecule has 1 atom stereocenters. The number of hydrogen-bond acceptors (Lipinski definition) is 3. The summed E-state index contributed by atoms with van der Waals surface area (Å²) in [6, 6.07) is 17.9. The molecule has 110 valence electrons. The highest BCUT2D eigenvalue weighted by molar-refractivity contribution is 5.72. The first kappa shape index (κ1) is 15.1. The van der Waals surface area contributed by atoms with Gasteiger partial charge in [0.1, 0.15) is 12.4 Å². The van der Waals surface area contributed by atoms with Gasteiger partial charge in [-0.25, -0.2) is 0 Å². The van der Waals surface area contributed by atoms with Crippen molar-refractivity contribution in [1.82, 2.24) is 0 Å². The Morgan fingerprint density at radius 3 is 2.29 bits per heavy atom. The van der Waals surface area contributed by atoms with E-state index >= 15 is 0 Å². The summed E-state index contributed by atoms with van der Waals surface area (Å²) in [5, 5.41) is 0. The molecule has 3 heteroatoms. The molecule has 1 unspecified atom stereocenters. The largest absolute Gasteiger partial charge is 0.489 e. The Morgan fingerprint density at radius 1 is 1.00 bits per heavy atom. The van der Waals surface area contributed by atoms with Gasteiger partial charge < -0.3 is 9.47 Å². The lowest BCUT2D eigenvalue weighted by atomic mass is 10.0. The zero-order chi connectivity index (χ0) is 15.1. The number of methoxy groups -OCH3 is 1. The molecule has 21 heavy (non-hydrogen) atoms. The van der Waals surface area contributed by atoms with E-state index in [1.54, 1.807) is 0 Å². The van der Waals surface area contributed by atoms with Crippen LogP contribution in [0.5, 0.6) is 5.75 Å². The van der Waals surface area contributed by atoms with E-state index < -0.39 is 0 Å². The van der Waals surface area contributed by atoms with E-state index in [0.29, 0.717) is 13.0 Å². The minimum Gasteiger partial charge on any atom is -0.489 e. The third-order valence-electron chi connectivity index (χ3n) is 3.32. The Morgan fingerprint density at radius 2 is 1.67 bits per heavy atom. The smallest absolute Gasteiger partial charge is 0.308 e. The lowest BCUT2D eigenvalue weighted by molar-refractivity contribution is -0.144. The second-order valence-corrected chi connectivity index (χ2v) is 5.05. The summed E-state index contributed by atoms with van der Waals surface area (Å²) >= 11 is 0. The summed E-state index contributed by atoms with van der Waals surface area (Å²) < 4.78 is 10.5. The van der Waals surface area contributed by atoms with Gasteiger partial charge in [-0.05, 0) is 29.7 Å². The third-order valence-corrected chi connectivity index (χ3v) is 3.32. The van der Waals surface area contributed by atoms with Crippen LogP contribution in [0.2, 0.25) is 0 Å². The fourth-order valence-electron chi connectivity index (χ4n) is 2.10. The van der Waals surface area contributed by atoms with Gasteiger partial charge in [-0.3, -0.25) is 4.79 Å². The first-order valence-corrected chi connectivity index (χ1v) is 7.02. The molecular formula is C18H20O3. The molecule has 0 heterocycles. The second kappa shape index (κ2) is 7.48. The molecule has 2 aromatic carbocycles. The number of ether oxygens (including phenoxy) is 2. The van der Waals surface area contributed by atoms with Crippen molar-refractivity contribution in [2.24, 2.45) is 5.92 Å². The summed E-state index contributed by atoms with van der Waals surface area (Å²) in [5.74, 6) is 0.513. The monoisotopic (exact) mass is 284 g/mol. The van der Waals surface area contributed by atoms with Crippen molar-refractivity contribution in [3.05, 3.63) is 65.7 Å². The Bertz CT molecular complexity index is 561. The first-order valence-electron chi connectivity index (χ1n) is 7.02. The maximum Gasteiger partial charge on any atom is 0.308 e. The lowest BCUT2D eigenvalue weighted by Crippen LogP contribution is -2.14. The average molecular weight is 284 g/mol. The van der Waals surface area contributed by atoms with Crippen molar-refractivity contribution >= 4 is 5.97 Å². The molecule has 0 aliphatic rings. The minimum absolute atomic E-state index is 0.133. The molecule has 0 radical (unpaired) electrons. The van der Waals surface area contributed by atoms with Crippen molar-refractivity contribution in [2.75, 3.05) is 7.11 Å². The van der Waals surface area contributed by atoms with Crippen molar-refractivity contribution in [2.45, 2.75) is 20.0 Å². The van der Waals surface area contributed by atoms with Crippen LogP contribution in [0.4, 0.5) is 0 Å². The Kier molecular flexibility index (Phi) is 5.38. The SMILES string of the molecule is COC(=O)C(C)Cc1ccc(OCc2ccccc2)cc1. The highest BCUT2D eigenvalue weighted by atomic mass is 16.5. The molecule has 0 N–H and O–H groups in total. The van der Waals surface area contributed by atoms with E-state index in [1.807, 2.05) is 61.5 Å². The number of carbonyl (C=O) groups excluding carboxylic acids is 1. The molecule has 0 aliphatic carbocycles. The topological polar surface area (TPSA) is 35.5 Å². The lowest BCUT2D eigenvalue weighted by Gasteiger charge is -2.10. The van der Waals surface area contributed by atoms with Gasteiger partial charge in [0.25, 0.3) is 0 Å². The maximum atomic E-state index is 11.4. The van der Waals surface area contributed by atoms with Gasteiger partial charge in [0.2, 0.25) is 0 Å². The molecule has 2 aromatic rings. The van der Waals surface area contributed by atoms with E-state index in [1.165, 1.54) is 7.11 Å². The van der Waals surface area contributed by atoms with Gasteiger partial charge in [0.05, 0.1) is 13.0 Å². The fraction of sp³-hybridized carbons (Fsp3) is 0.278. The molecule has 0 bridgehead atoms. The van der Waals surface area contributed by atoms with E-state index in [2.05, 4.69) is 0 Å². The molecule has 0 fully saturated rings. The number of rotatable bonds is 6. The number of esters is 1. The summed E-state index contributed by atoms with van der Waals surface area (Å²) in [5.41, 5.74) is 2.24. The molecule has 0 amide bonds. The zero-order valence-electron chi connectivity index (χ0n) is 12.4. The third kappa shape index (κ3) is 4.63. The van der Waals surface area contributed by atoms with Crippen LogP contribution >= 0.6 is 0 Å². The number of carbonyl (C=O) groups is 1. The van der Waals surface area contributed by atoms with Crippen LogP contribution in [0.25, 0.3) is 0 Å². The molecule has 0 spiro atoms. The Balaban J connectivity index is 1.88. The molecule has 3 nitrogen and oxygen atoms in total. The van der Waals surface area contributed by atoms with Crippen molar-refractivity contribution in [1.29, 1.82) is 0 Å². The highest BCUT2D eigenvalue weighted by Gasteiger charge is 2.13. The molecule has 0 saturated heterocycles. The van der Waals surface area contributed by atoms with Gasteiger partial charge in [-0.2, -0.15) is 0 Å². The van der Waals surface area contributed by atoms with E-state index in [4.69, 9.17) is 9.47 Å². The number of hydrogen-bond donors (Lipinski definition) is 0. The van der Waals surface area contributed by atoms with Gasteiger partial charge >= 0.3 is 5.97 Å². The van der Waals surface area contributed by atoms with Gasteiger partial charge in [0, 0.05) is 0 Å². The van der Waals surface area contributed by atoms with Crippen LogP contribution in [-0.2, 0) is 22.6 Å². The first-order chi connectivity index (χ1) is 10.2. The average Bonchev–Trinajstić information content (AvgIpc) is 2.54. The Labute approximate surface area is 125 Å². The van der Waals surface area contributed by atoms with Gasteiger partial charge in [0.15, 0.2) is 0 Å². The molecule has 0 saturated carbocycles. The fourth-order valence-corrected chi connectivity index (χ4v) is 2.10. The van der Waals surface area contributed by atoms with Gasteiger partial charge in [-0.15, -0.1) is 0 Å². The van der Waals surface area contributed by atoms with Crippen molar-refractivity contribution in [3.63, 3.8) is 0 Å². The molecule has 0 aliphatic heterocycles. The van der Waals surface area contributed by atoms with Crippen LogP contribution in [0, 0.1) is 5.92 Å². The van der Waals surface area contributed by atoms with Gasteiger partial charge in [-0.1, -0.05) is 49.4 Å². The van der Waals surface area contributed by atoms with Crippen LogP contribution < -0.4 is 4.74 Å². The Hall–Kier alpha value is -2.29. The molecule has 0 aromatic heterocycles. The van der Waals surface area contributed by atoms with E-state index in [-0.39, 0.29) is 11.9 Å². The standard InChI is InChI=1S/C18H20O3/c1-14(18(19)20-2)12-15-8-10-17(11-9-15)21-13-16-6-4-3-5-7-16/h3-11,14H,12-13H2,1-2H3. The van der Waals surface area contributed by atoms with Crippen molar-refractivity contribution in [3.8, 4) is 5.75 Å². The minimum atomic E-state index is -0.181. The summed E-state index contributed by atoms with van der Waals surface area (Å²) in [4.78, 5) is 11.4. The van der Waals surface area contributed by atoms with Crippen LogP contribution in [0.3, 0.4) is 0 Å². The maximum absolute atomic E-state index is 11.4. The summed E-state index contributed by atoms with van der Waals surface area (Å²) in [7, 11) is 1.42. The number of benzene rings is 2. The summed E-state index contributed by atoms with van der Waals surface area (Å²) in [6.07, 6.45) is 0.672. The highest BCUT2D eigenvalue weighted by Crippen LogP contribution is 2.17. The van der Waals surface area contributed by atoms with Crippen LogP contribution in [0.15, 0.2) is 54.6 Å². The second-order valence-electron chi connectivity index (χ2n) is 5.05. The summed E-state index contributed by atoms with van der Waals surface area (Å²) in [6.45, 7) is 2.42. The normalized spacial score (nSPS) is 11.7. The molecular weight excluding hydrogens is 264 g/mol.